The van der Waals surface area contributed by atoms with Crippen LogP contribution in [0, 0.1) is 5.92 Å². The Morgan fingerprint density at radius 1 is 1.53 bits per heavy atom. The van der Waals surface area contributed by atoms with Crippen LogP contribution < -0.4 is 4.72 Å². The van der Waals surface area contributed by atoms with Crippen molar-refractivity contribution in [2.45, 2.75) is 31.4 Å². The molecule has 0 amide bonds. The van der Waals surface area contributed by atoms with Gasteiger partial charge in [-0.25, -0.2) is 8.42 Å². The van der Waals surface area contributed by atoms with Crippen LogP contribution >= 0.6 is 0 Å². The van der Waals surface area contributed by atoms with E-state index in [4.69, 9.17) is 9.52 Å². The van der Waals surface area contributed by atoms with Crippen LogP contribution in [0.2, 0.25) is 0 Å². The molecule has 0 fully saturated rings. The summed E-state index contributed by atoms with van der Waals surface area (Å²) in [6, 6.07) is 1.54. The second kappa shape index (κ2) is 5.33. The molecular formula is C10H15NO5S. The molecule has 1 heterocycles. The molecule has 2 N–H and O–H groups in total. The van der Waals surface area contributed by atoms with Crippen molar-refractivity contribution in [1.29, 1.82) is 0 Å². The number of carboxylic acid groups (broad SMARTS) is 1. The molecule has 0 aliphatic rings. The van der Waals surface area contributed by atoms with Crippen LogP contribution in [0.1, 0.15) is 20.3 Å². The van der Waals surface area contributed by atoms with Gasteiger partial charge in [-0.3, -0.25) is 4.79 Å². The molecule has 0 saturated carbocycles. The van der Waals surface area contributed by atoms with E-state index < -0.39 is 22.0 Å². The predicted molar refractivity (Wildman–Crippen MR) is 59.9 cm³/mol. The zero-order chi connectivity index (χ0) is 13.1. The first-order valence-electron chi connectivity index (χ1n) is 5.11. The number of furan rings is 1. The Bertz CT molecular complexity index is 463. The van der Waals surface area contributed by atoms with Gasteiger partial charge in [0.2, 0.25) is 5.09 Å². The lowest BCUT2D eigenvalue weighted by molar-refractivity contribution is -0.139. The van der Waals surface area contributed by atoms with E-state index in [-0.39, 0.29) is 17.4 Å². The second-order valence-corrected chi connectivity index (χ2v) is 5.72. The molecular weight excluding hydrogens is 246 g/mol. The Kier molecular flexibility index (Phi) is 4.30. The highest BCUT2D eigenvalue weighted by atomic mass is 32.2. The van der Waals surface area contributed by atoms with Gasteiger partial charge >= 0.3 is 5.97 Å². The molecule has 17 heavy (non-hydrogen) atoms. The smallest absolute Gasteiger partial charge is 0.321 e. The van der Waals surface area contributed by atoms with Crippen LogP contribution in [0.3, 0.4) is 0 Å². The lowest BCUT2D eigenvalue weighted by Crippen LogP contribution is -2.41. The van der Waals surface area contributed by atoms with Crippen molar-refractivity contribution in [3.05, 3.63) is 18.4 Å². The van der Waals surface area contributed by atoms with E-state index >= 15 is 0 Å². The monoisotopic (exact) mass is 261 g/mol. The van der Waals surface area contributed by atoms with Crippen molar-refractivity contribution in [1.82, 2.24) is 4.72 Å². The maximum Gasteiger partial charge on any atom is 0.321 e. The van der Waals surface area contributed by atoms with Gasteiger partial charge in [-0.15, -0.1) is 0 Å². The number of hydrogen-bond donors (Lipinski definition) is 2. The molecule has 96 valence electrons. The Morgan fingerprint density at radius 2 is 2.18 bits per heavy atom. The molecule has 0 spiro atoms. The SMILES string of the molecule is CC(C)C[C@H](NS(=O)(=O)c1ccco1)C(=O)O. The molecule has 1 aromatic heterocycles. The summed E-state index contributed by atoms with van der Waals surface area (Å²) < 4.78 is 30.3. The van der Waals surface area contributed by atoms with Crippen LogP contribution in [0.25, 0.3) is 0 Å². The third-order valence-electron chi connectivity index (χ3n) is 2.06. The Balaban J connectivity index is 2.84. The van der Waals surface area contributed by atoms with E-state index in [2.05, 4.69) is 4.72 Å². The highest BCUT2D eigenvalue weighted by Crippen LogP contribution is 2.12. The first-order valence-corrected chi connectivity index (χ1v) is 6.60. The quantitative estimate of drug-likeness (QED) is 0.798. The molecule has 0 saturated heterocycles. The highest BCUT2D eigenvalue weighted by molar-refractivity contribution is 7.89. The number of hydrogen-bond acceptors (Lipinski definition) is 4. The van der Waals surface area contributed by atoms with Gasteiger partial charge in [0, 0.05) is 0 Å². The summed E-state index contributed by atoms with van der Waals surface area (Å²) >= 11 is 0. The van der Waals surface area contributed by atoms with E-state index in [0.29, 0.717) is 0 Å². The van der Waals surface area contributed by atoms with E-state index in [1.807, 2.05) is 13.8 Å². The van der Waals surface area contributed by atoms with Gasteiger partial charge in [0.25, 0.3) is 10.0 Å². The van der Waals surface area contributed by atoms with E-state index in [1.165, 1.54) is 18.4 Å². The zero-order valence-electron chi connectivity index (χ0n) is 9.58. The van der Waals surface area contributed by atoms with E-state index in [1.54, 1.807) is 0 Å². The molecule has 0 radical (unpaired) electrons. The van der Waals surface area contributed by atoms with Gasteiger partial charge in [-0.1, -0.05) is 13.8 Å². The van der Waals surface area contributed by atoms with Crippen molar-refractivity contribution in [3.63, 3.8) is 0 Å². The Labute approximate surface area is 99.7 Å². The van der Waals surface area contributed by atoms with Gasteiger partial charge in [0.05, 0.1) is 6.26 Å². The molecule has 1 aromatic rings. The fourth-order valence-corrected chi connectivity index (χ4v) is 2.46. The molecule has 0 aromatic carbocycles. The molecule has 0 aliphatic heterocycles. The predicted octanol–water partition coefficient (Wildman–Crippen LogP) is 1.06. The van der Waals surface area contributed by atoms with Crippen molar-refractivity contribution in [2.75, 3.05) is 0 Å². The number of aliphatic carboxylic acids is 1. The number of nitrogens with one attached hydrogen (secondary N) is 1. The zero-order valence-corrected chi connectivity index (χ0v) is 10.4. The van der Waals surface area contributed by atoms with Crippen molar-refractivity contribution < 1.29 is 22.7 Å². The summed E-state index contributed by atoms with van der Waals surface area (Å²) in [5.41, 5.74) is 0. The summed E-state index contributed by atoms with van der Waals surface area (Å²) in [4.78, 5) is 10.9. The lowest BCUT2D eigenvalue weighted by Gasteiger charge is -2.15. The van der Waals surface area contributed by atoms with Crippen molar-refractivity contribution in [2.24, 2.45) is 5.92 Å². The molecule has 1 rings (SSSR count). The fourth-order valence-electron chi connectivity index (χ4n) is 1.33. The maximum atomic E-state index is 11.7. The summed E-state index contributed by atoms with van der Waals surface area (Å²) in [7, 11) is -3.90. The minimum atomic E-state index is -3.90. The van der Waals surface area contributed by atoms with Crippen LogP contribution in [0.5, 0.6) is 0 Å². The minimum Gasteiger partial charge on any atom is -0.480 e. The fraction of sp³-hybridized carbons (Fsp3) is 0.500. The average Bonchev–Trinajstić information content (AvgIpc) is 2.68. The van der Waals surface area contributed by atoms with E-state index in [9.17, 15) is 13.2 Å². The summed E-state index contributed by atoms with van der Waals surface area (Å²) in [5, 5.41) is 8.64. The third kappa shape index (κ3) is 3.86. The Morgan fingerprint density at radius 3 is 2.59 bits per heavy atom. The molecule has 1 atom stereocenters. The minimum absolute atomic E-state index is 0.0652. The summed E-state index contributed by atoms with van der Waals surface area (Å²) in [6.07, 6.45) is 1.43. The van der Waals surface area contributed by atoms with Gasteiger partial charge in [-0.05, 0) is 24.5 Å². The highest BCUT2D eigenvalue weighted by Gasteiger charge is 2.27. The number of sulfonamides is 1. The largest absolute Gasteiger partial charge is 0.480 e. The lowest BCUT2D eigenvalue weighted by atomic mass is 10.1. The molecule has 6 nitrogen and oxygen atoms in total. The van der Waals surface area contributed by atoms with Gasteiger partial charge in [-0.2, -0.15) is 4.72 Å². The van der Waals surface area contributed by atoms with Crippen LogP contribution in [-0.4, -0.2) is 25.5 Å². The number of carbonyl (C=O) groups is 1. The Hall–Kier alpha value is -1.34. The van der Waals surface area contributed by atoms with Crippen molar-refractivity contribution in [3.8, 4) is 0 Å². The van der Waals surface area contributed by atoms with Gasteiger partial charge in [0.1, 0.15) is 6.04 Å². The van der Waals surface area contributed by atoms with Crippen LogP contribution in [-0.2, 0) is 14.8 Å². The van der Waals surface area contributed by atoms with Crippen molar-refractivity contribution >= 4 is 16.0 Å². The first kappa shape index (κ1) is 13.7. The van der Waals surface area contributed by atoms with Gasteiger partial charge in [0.15, 0.2) is 0 Å². The molecule has 7 heteroatoms. The number of carboxylic acids is 1. The van der Waals surface area contributed by atoms with Crippen LogP contribution in [0.15, 0.2) is 27.9 Å². The first-order chi connectivity index (χ1) is 7.83. The summed E-state index contributed by atoms with van der Waals surface area (Å²) in [5.74, 6) is -1.13. The average molecular weight is 261 g/mol. The topological polar surface area (TPSA) is 96.6 Å². The molecule has 0 bridgehead atoms. The third-order valence-corrected chi connectivity index (χ3v) is 3.42. The standard InChI is InChI=1S/C10H15NO5S/c1-7(2)6-8(10(12)13)11-17(14,15)9-4-3-5-16-9/h3-5,7-8,11H,6H2,1-2H3,(H,12,13)/t8-/m0/s1. The van der Waals surface area contributed by atoms with Gasteiger partial charge < -0.3 is 9.52 Å². The normalized spacial score (nSPS) is 13.8. The summed E-state index contributed by atoms with van der Waals surface area (Å²) in [6.45, 7) is 3.63. The molecule has 0 aliphatic carbocycles. The van der Waals surface area contributed by atoms with E-state index in [0.717, 1.165) is 0 Å². The molecule has 0 unspecified atom stereocenters. The van der Waals surface area contributed by atoms with Crippen LogP contribution in [0.4, 0.5) is 0 Å². The number of rotatable bonds is 6. The maximum absolute atomic E-state index is 11.7. The second-order valence-electron chi connectivity index (χ2n) is 4.07.